The first kappa shape index (κ1) is 22.8. The number of benzene rings is 2. The molecule has 2 aromatic carbocycles. The van der Waals surface area contributed by atoms with Crippen LogP contribution >= 0.6 is 11.6 Å². The Kier molecular flexibility index (Phi) is 7.73. The molecular formula is C22H21ClF3NO2. The van der Waals surface area contributed by atoms with Gasteiger partial charge in [-0.05, 0) is 36.8 Å². The van der Waals surface area contributed by atoms with Crippen molar-refractivity contribution in [3.05, 3.63) is 70.2 Å². The summed E-state index contributed by atoms with van der Waals surface area (Å²) < 4.78 is 38.2. The molecule has 2 rings (SSSR count). The smallest absolute Gasteiger partial charge is 0.299 e. The standard InChI is InChI=1S/C22H21ClF3NO2/c1-14(16-5-4-8-19(23)12-16)15(2)27-10-9-20(28)13-21(29)17-6-3-7-18(11-17)22(24,25)26/h3-8,10-12,14-15H,9,13H2,1-2H3. The number of ketones is 2. The second kappa shape index (κ2) is 9.83. The van der Waals surface area contributed by atoms with Gasteiger partial charge in [-0.2, -0.15) is 13.2 Å². The Balaban J connectivity index is 1.91. The van der Waals surface area contributed by atoms with Crippen LogP contribution in [-0.2, 0) is 11.0 Å². The molecule has 154 valence electrons. The minimum atomic E-state index is -4.54. The van der Waals surface area contributed by atoms with Gasteiger partial charge in [0.2, 0.25) is 0 Å². The number of aliphatic imine (C=N–C) groups is 1. The van der Waals surface area contributed by atoms with E-state index in [9.17, 15) is 22.8 Å². The van der Waals surface area contributed by atoms with Crippen LogP contribution in [0, 0.1) is 0 Å². The van der Waals surface area contributed by atoms with Crippen LogP contribution in [0.3, 0.4) is 0 Å². The molecule has 0 aromatic heterocycles. The molecule has 0 amide bonds. The molecule has 7 heteroatoms. The lowest BCUT2D eigenvalue weighted by molar-refractivity contribution is -0.137. The van der Waals surface area contributed by atoms with Gasteiger partial charge in [-0.3, -0.25) is 14.6 Å². The third-order valence-corrected chi connectivity index (χ3v) is 4.86. The molecule has 0 fully saturated rings. The molecule has 2 atom stereocenters. The molecule has 3 nitrogen and oxygen atoms in total. The zero-order valence-corrected chi connectivity index (χ0v) is 16.8. The molecule has 0 radical (unpaired) electrons. The lowest BCUT2D eigenvalue weighted by Gasteiger charge is -2.16. The van der Waals surface area contributed by atoms with Crippen LogP contribution in [-0.4, -0.2) is 23.8 Å². The fourth-order valence-corrected chi connectivity index (χ4v) is 2.94. The SMILES string of the molecule is CC(N=CCC(=O)CC(=O)c1cccc(C(F)(F)F)c1)C(C)c1cccc(Cl)c1. The summed E-state index contributed by atoms with van der Waals surface area (Å²) in [6, 6.07) is 11.4. The maximum atomic E-state index is 12.7. The van der Waals surface area contributed by atoms with E-state index in [0.29, 0.717) is 5.02 Å². The summed E-state index contributed by atoms with van der Waals surface area (Å²) in [6.45, 7) is 3.90. The Labute approximate surface area is 172 Å². The van der Waals surface area contributed by atoms with E-state index in [2.05, 4.69) is 4.99 Å². The Morgan fingerprint density at radius 1 is 1.10 bits per heavy atom. The van der Waals surface area contributed by atoms with Crippen molar-refractivity contribution in [2.45, 2.75) is 44.8 Å². The highest BCUT2D eigenvalue weighted by Gasteiger charge is 2.31. The van der Waals surface area contributed by atoms with Crippen LogP contribution in [0.2, 0.25) is 5.02 Å². The van der Waals surface area contributed by atoms with Crippen molar-refractivity contribution in [3.63, 3.8) is 0 Å². The van der Waals surface area contributed by atoms with E-state index in [1.807, 2.05) is 32.0 Å². The van der Waals surface area contributed by atoms with Crippen molar-refractivity contribution in [1.29, 1.82) is 0 Å². The summed E-state index contributed by atoms with van der Waals surface area (Å²) in [5.41, 5.74) is -0.0255. The lowest BCUT2D eigenvalue weighted by atomic mass is 9.95. The largest absolute Gasteiger partial charge is 0.416 e. The van der Waals surface area contributed by atoms with Gasteiger partial charge in [-0.25, -0.2) is 0 Å². The molecular weight excluding hydrogens is 403 g/mol. The Hall–Kier alpha value is -2.47. The van der Waals surface area contributed by atoms with E-state index < -0.39 is 29.7 Å². The topological polar surface area (TPSA) is 46.5 Å². The number of rotatable bonds is 8. The quantitative estimate of drug-likeness (QED) is 0.290. The van der Waals surface area contributed by atoms with Crippen LogP contribution in [0.1, 0.15) is 54.1 Å². The van der Waals surface area contributed by atoms with Gasteiger partial charge in [-0.15, -0.1) is 0 Å². The van der Waals surface area contributed by atoms with Crippen LogP contribution in [0.25, 0.3) is 0 Å². The molecule has 0 aliphatic heterocycles. The number of carbonyl (C=O) groups is 2. The number of hydrogen-bond acceptors (Lipinski definition) is 3. The zero-order valence-electron chi connectivity index (χ0n) is 16.0. The van der Waals surface area contributed by atoms with E-state index in [1.54, 1.807) is 6.07 Å². The predicted molar refractivity (Wildman–Crippen MR) is 108 cm³/mol. The minimum absolute atomic E-state index is 0.0582. The minimum Gasteiger partial charge on any atom is -0.299 e. The molecule has 29 heavy (non-hydrogen) atoms. The number of halogens is 4. The van der Waals surface area contributed by atoms with Crippen molar-refractivity contribution in [1.82, 2.24) is 0 Å². The van der Waals surface area contributed by atoms with Crippen LogP contribution < -0.4 is 0 Å². The Morgan fingerprint density at radius 2 is 1.79 bits per heavy atom. The molecule has 0 N–H and O–H groups in total. The summed E-state index contributed by atoms with van der Waals surface area (Å²) in [4.78, 5) is 28.5. The van der Waals surface area contributed by atoms with Gasteiger partial charge in [0.05, 0.1) is 18.0 Å². The van der Waals surface area contributed by atoms with E-state index in [4.69, 9.17) is 11.6 Å². The number of Topliss-reactive ketones (excluding diaryl/α,β-unsaturated/α-hetero) is 2. The maximum Gasteiger partial charge on any atom is 0.416 e. The van der Waals surface area contributed by atoms with Gasteiger partial charge in [0.1, 0.15) is 5.78 Å². The van der Waals surface area contributed by atoms with Gasteiger partial charge in [0, 0.05) is 29.1 Å². The number of alkyl halides is 3. The summed E-state index contributed by atoms with van der Waals surface area (Å²) in [5, 5.41) is 0.633. The number of hydrogen-bond donors (Lipinski definition) is 0. The van der Waals surface area contributed by atoms with Crippen molar-refractivity contribution in [2.75, 3.05) is 0 Å². The van der Waals surface area contributed by atoms with Crippen molar-refractivity contribution < 1.29 is 22.8 Å². The average molecular weight is 424 g/mol. The zero-order chi connectivity index (χ0) is 21.6. The molecule has 0 saturated carbocycles. The summed E-state index contributed by atoms with van der Waals surface area (Å²) in [7, 11) is 0. The molecule has 0 bridgehead atoms. The summed E-state index contributed by atoms with van der Waals surface area (Å²) >= 11 is 6.00. The molecule has 2 unspecified atom stereocenters. The Morgan fingerprint density at radius 3 is 2.45 bits per heavy atom. The molecule has 0 aliphatic carbocycles. The van der Waals surface area contributed by atoms with E-state index in [1.165, 1.54) is 12.3 Å². The predicted octanol–water partition coefficient (Wildman–Crippen LogP) is 6.15. The summed E-state index contributed by atoms with van der Waals surface area (Å²) in [5.74, 6) is -0.972. The Bertz CT molecular complexity index is 909. The fourth-order valence-electron chi connectivity index (χ4n) is 2.74. The number of nitrogens with zero attached hydrogens (tertiary/aromatic N) is 1. The highest BCUT2D eigenvalue weighted by molar-refractivity contribution is 6.30. The van der Waals surface area contributed by atoms with Gasteiger partial charge in [0.25, 0.3) is 0 Å². The van der Waals surface area contributed by atoms with E-state index >= 15 is 0 Å². The molecule has 0 saturated heterocycles. The van der Waals surface area contributed by atoms with Crippen molar-refractivity contribution >= 4 is 29.4 Å². The molecule has 2 aromatic rings. The highest BCUT2D eigenvalue weighted by Crippen LogP contribution is 2.29. The van der Waals surface area contributed by atoms with Crippen LogP contribution in [0.4, 0.5) is 13.2 Å². The second-order valence-corrected chi connectivity index (χ2v) is 7.27. The normalized spacial score (nSPS) is 14.0. The average Bonchev–Trinajstić information content (AvgIpc) is 2.66. The van der Waals surface area contributed by atoms with Crippen LogP contribution in [0.15, 0.2) is 53.5 Å². The summed E-state index contributed by atoms with van der Waals surface area (Å²) in [6.07, 6.45) is -3.61. The van der Waals surface area contributed by atoms with E-state index in [-0.39, 0.29) is 23.9 Å². The first-order valence-corrected chi connectivity index (χ1v) is 9.45. The first-order chi connectivity index (χ1) is 13.6. The van der Waals surface area contributed by atoms with Gasteiger partial charge < -0.3 is 0 Å². The van der Waals surface area contributed by atoms with Gasteiger partial charge in [-0.1, -0.05) is 42.8 Å². The van der Waals surface area contributed by atoms with Crippen molar-refractivity contribution in [2.24, 2.45) is 4.99 Å². The number of carbonyl (C=O) groups excluding carboxylic acids is 2. The molecule has 0 heterocycles. The van der Waals surface area contributed by atoms with Crippen molar-refractivity contribution in [3.8, 4) is 0 Å². The fraction of sp³-hybridized carbons (Fsp3) is 0.318. The first-order valence-electron chi connectivity index (χ1n) is 9.07. The lowest BCUT2D eigenvalue weighted by Crippen LogP contribution is -2.12. The van der Waals surface area contributed by atoms with E-state index in [0.717, 1.165) is 23.8 Å². The second-order valence-electron chi connectivity index (χ2n) is 6.84. The molecule has 0 aliphatic rings. The third kappa shape index (κ3) is 6.82. The highest BCUT2D eigenvalue weighted by atomic mass is 35.5. The maximum absolute atomic E-state index is 12.7. The third-order valence-electron chi connectivity index (χ3n) is 4.63. The molecule has 0 spiro atoms. The van der Waals surface area contributed by atoms with Gasteiger partial charge >= 0.3 is 6.18 Å². The van der Waals surface area contributed by atoms with Crippen LogP contribution in [0.5, 0.6) is 0 Å². The monoisotopic (exact) mass is 423 g/mol. The van der Waals surface area contributed by atoms with Gasteiger partial charge in [0.15, 0.2) is 5.78 Å².